The molecule has 0 N–H and O–H groups in total. The molecule has 3 aromatic carbocycles. The van der Waals surface area contributed by atoms with Crippen molar-refractivity contribution in [3.05, 3.63) is 64.7 Å². The molecular weight excluding hydrogens is 424 g/mol. The summed E-state index contributed by atoms with van der Waals surface area (Å²) in [6, 6.07) is 15.7. The summed E-state index contributed by atoms with van der Waals surface area (Å²) < 4.78 is 16.5. The van der Waals surface area contributed by atoms with Gasteiger partial charge in [0.2, 0.25) is 0 Å². The third kappa shape index (κ3) is 5.01. The Balaban J connectivity index is 1.34. The fourth-order valence-corrected chi connectivity index (χ4v) is 5.09. The van der Waals surface area contributed by atoms with Crippen LogP contribution >= 0.6 is 0 Å². The van der Waals surface area contributed by atoms with E-state index >= 15 is 0 Å². The molecule has 0 spiro atoms. The summed E-state index contributed by atoms with van der Waals surface area (Å²) in [6.07, 6.45) is 2.20. The highest BCUT2D eigenvalue weighted by Gasteiger charge is 2.20. The molecule has 0 radical (unpaired) electrons. The Kier molecular flexibility index (Phi) is 7.64. The normalized spacial score (nSPS) is 14.8. The standard InChI is InChI=1S/C29H38N2O3/c1-20-26-10-8-22(16-24(26)9-11-27(20)32-4)21(2)30(3)13-7-14-31-15-12-23-17-28(33-5)29(34-6)18-25(23)19-31/h8-11,16-18,21H,7,12-15,19H2,1-6H3. The van der Waals surface area contributed by atoms with E-state index in [1.165, 1.54) is 33.0 Å². The van der Waals surface area contributed by atoms with Crippen molar-refractivity contribution < 1.29 is 14.2 Å². The highest BCUT2D eigenvalue weighted by Crippen LogP contribution is 2.33. The van der Waals surface area contributed by atoms with Gasteiger partial charge in [0.25, 0.3) is 0 Å². The first kappa shape index (κ1) is 24.4. The van der Waals surface area contributed by atoms with Gasteiger partial charge in [0, 0.05) is 19.1 Å². The van der Waals surface area contributed by atoms with Gasteiger partial charge in [-0.15, -0.1) is 0 Å². The van der Waals surface area contributed by atoms with E-state index in [2.05, 4.69) is 73.2 Å². The van der Waals surface area contributed by atoms with Gasteiger partial charge in [-0.25, -0.2) is 0 Å². The number of nitrogens with zero attached hydrogens (tertiary/aromatic N) is 2. The van der Waals surface area contributed by atoms with Crippen LogP contribution in [0, 0.1) is 6.92 Å². The Morgan fingerprint density at radius 1 is 0.912 bits per heavy atom. The van der Waals surface area contributed by atoms with Crippen LogP contribution in [-0.4, -0.2) is 57.8 Å². The van der Waals surface area contributed by atoms with E-state index in [0.29, 0.717) is 6.04 Å². The second-order valence-corrected chi connectivity index (χ2v) is 9.39. The number of methoxy groups -OCH3 is 3. The molecule has 0 bridgehead atoms. The fraction of sp³-hybridized carbons (Fsp3) is 0.448. The molecule has 5 nitrogen and oxygen atoms in total. The molecule has 1 heterocycles. The number of ether oxygens (including phenoxy) is 3. The molecule has 1 unspecified atom stereocenters. The van der Waals surface area contributed by atoms with Gasteiger partial charge in [-0.3, -0.25) is 9.80 Å². The van der Waals surface area contributed by atoms with Crippen molar-refractivity contribution in [3.63, 3.8) is 0 Å². The number of benzene rings is 3. The molecular formula is C29H38N2O3. The zero-order chi connectivity index (χ0) is 24.2. The van der Waals surface area contributed by atoms with Crippen molar-refractivity contribution in [2.24, 2.45) is 0 Å². The monoisotopic (exact) mass is 462 g/mol. The minimum atomic E-state index is 0.366. The summed E-state index contributed by atoms with van der Waals surface area (Å²) in [5.41, 5.74) is 5.29. The Morgan fingerprint density at radius 2 is 1.62 bits per heavy atom. The molecule has 5 heteroatoms. The van der Waals surface area contributed by atoms with Crippen LogP contribution in [0.25, 0.3) is 10.8 Å². The lowest BCUT2D eigenvalue weighted by Gasteiger charge is -2.31. The summed E-state index contributed by atoms with van der Waals surface area (Å²) in [5, 5.41) is 2.53. The third-order valence-electron chi connectivity index (χ3n) is 7.41. The van der Waals surface area contributed by atoms with E-state index in [4.69, 9.17) is 14.2 Å². The van der Waals surface area contributed by atoms with Crippen molar-refractivity contribution in [1.29, 1.82) is 0 Å². The van der Waals surface area contributed by atoms with Gasteiger partial charge >= 0.3 is 0 Å². The molecule has 4 rings (SSSR count). The fourth-order valence-electron chi connectivity index (χ4n) is 5.09. The van der Waals surface area contributed by atoms with E-state index in [1.54, 1.807) is 21.3 Å². The van der Waals surface area contributed by atoms with Crippen LogP contribution < -0.4 is 14.2 Å². The number of fused-ring (bicyclic) bond motifs is 2. The predicted octanol–water partition coefficient (Wildman–Crippen LogP) is 5.62. The van der Waals surface area contributed by atoms with Gasteiger partial charge in [-0.05, 0) is 104 Å². The maximum Gasteiger partial charge on any atom is 0.161 e. The topological polar surface area (TPSA) is 34.2 Å². The van der Waals surface area contributed by atoms with Crippen molar-refractivity contribution in [2.75, 3.05) is 48.0 Å². The van der Waals surface area contributed by atoms with E-state index in [0.717, 1.165) is 56.3 Å². The molecule has 0 amide bonds. The van der Waals surface area contributed by atoms with Crippen LogP contribution in [0.15, 0.2) is 42.5 Å². The van der Waals surface area contributed by atoms with Crippen LogP contribution in [0.1, 0.15) is 41.6 Å². The number of hydrogen-bond acceptors (Lipinski definition) is 5. The highest BCUT2D eigenvalue weighted by atomic mass is 16.5. The Bertz CT molecular complexity index is 1140. The predicted molar refractivity (Wildman–Crippen MR) is 139 cm³/mol. The summed E-state index contributed by atoms with van der Waals surface area (Å²) in [6.45, 7) is 8.66. The second kappa shape index (κ2) is 10.7. The van der Waals surface area contributed by atoms with Crippen LogP contribution in [0.5, 0.6) is 17.2 Å². The van der Waals surface area contributed by atoms with E-state index < -0.39 is 0 Å². The molecule has 34 heavy (non-hydrogen) atoms. The lowest BCUT2D eigenvalue weighted by atomic mass is 9.98. The first-order chi connectivity index (χ1) is 16.4. The zero-order valence-corrected chi connectivity index (χ0v) is 21.5. The van der Waals surface area contributed by atoms with Crippen LogP contribution in [-0.2, 0) is 13.0 Å². The summed E-state index contributed by atoms with van der Waals surface area (Å²) in [5.74, 6) is 2.59. The summed E-state index contributed by atoms with van der Waals surface area (Å²) in [4.78, 5) is 5.02. The maximum atomic E-state index is 5.51. The van der Waals surface area contributed by atoms with Gasteiger partial charge in [0.05, 0.1) is 21.3 Å². The molecule has 3 aromatic rings. The third-order valence-corrected chi connectivity index (χ3v) is 7.41. The quantitative estimate of drug-likeness (QED) is 0.413. The van der Waals surface area contributed by atoms with Crippen molar-refractivity contribution >= 4 is 10.8 Å². The number of aryl methyl sites for hydroxylation is 1. The maximum absolute atomic E-state index is 5.51. The number of rotatable bonds is 9. The van der Waals surface area contributed by atoms with Gasteiger partial charge < -0.3 is 14.2 Å². The average molecular weight is 463 g/mol. The Hall–Kier alpha value is -2.76. The molecule has 0 saturated carbocycles. The smallest absolute Gasteiger partial charge is 0.161 e. The molecule has 1 aliphatic rings. The van der Waals surface area contributed by atoms with Crippen LogP contribution in [0.4, 0.5) is 0 Å². The molecule has 1 atom stereocenters. The van der Waals surface area contributed by atoms with Gasteiger partial charge in [0.15, 0.2) is 11.5 Å². The van der Waals surface area contributed by atoms with Gasteiger partial charge in [-0.1, -0.05) is 18.2 Å². The molecule has 0 aliphatic carbocycles. The Labute approximate surface area is 204 Å². The van der Waals surface area contributed by atoms with Crippen LogP contribution in [0.3, 0.4) is 0 Å². The second-order valence-electron chi connectivity index (χ2n) is 9.39. The minimum Gasteiger partial charge on any atom is -0.496 e. The lowest BCUT2D eigenvalue weighted by Crippen LogP contribution is -2.33. The van der Waals surface area contributed by atoms with E-state index in [1.807, 2.05) is 0 Å². The molecule has 1 aliphatic heterocycles. The van der Waals surface area contributed by atoms with Crippen molar-refractivity contribution in [1.82, 2.24) is 9.80 Å². The molecule has 0 aromatic heterocycles. The van der Waals surface area contributed by atoms with Gasteiger partial charge in [-0.2, -0.15) is 0 Å². The van der Waals surface area contributed by atoms with Crippen LogP contribution in [0.2, 0.25) is 0 Å². The number of hydrogen-bond donors (Lipinski definition) is 0. The molecule has 0 fully saturated rings. The summed E-state index contributed by atoms with van der Waals surface area (Å²) in [7, 11) is 7.37. The van der Waals surface area contributed by atoms with Gasteiger partial charge in [0.1, 0.15) is 5.75 Å². The average Bonchev–Trinajstić information content (AvgIpc) is 2.87. The minimum absolute atomic E-state index is 0.366. The Morgan fingerprint density at radius 3 is 2.32 bits per heavy atom. The first-order valence-corrected chi connectivity index (χ1v) is 12.2. The SMILES string of the molecule is COc1cc2c(cc1OC)CN(CCCN(C)C(C)c1ccc3c(C)c(OC)ccc3c1)CC2. The largest absolute Gasteiger partial charge is 0.496 e. The first-order valence-electron chi connectivity index (χ1n) is 12.2. The molecule has 182 valence electrons. The van der Waals surface area contributed by atoms with E-state index in [-0.39, 0.29) is 0 Å². The van der Waals surface area contributed by atoms with E-state index in [9.17, 15) is 0 Å². The molecule has 0 saturated heterocycles. The zero-order valence-electron chi connectivity index (χ0n) is 21.5. The van der Waals surface area contributed by atoms with Crippen molar-refractivity contribution in [2.45, 2.75) is 39.3 Å². The highest BCUT2D eigenvalue weighted by molar-refractivity contribution is 5.88. The summed E-state index contributed by atoms with van der Waals surface area (Å²) >= 11 is 0. The lowest BCUT2D eigenvalue weighted by molar-refractivity contribution is 0.210. The van der Waals surface area contributed by atoms with Crippen molar-refractivity contribution in [3.8, 4) is 17.2 Å².